The van der Waals surface area contributed by atoms with Gasteiger partial charge in [-0.1, -0.05) is 12.1 Å². The van der Waals surface area contributed by atoms with E-state index in [2.05, 4.69) is 5.32 Å². The number of nitrogens with zero attached hydrogens (tertiary/aromatic N) is 1. The number of imide groups is 1. The molecule has 7 nitrogen and oxygen atoms in total. The molecule has 2 heterocycles. The SMILES string of the molecule is CCOc1cccc(N2C(=O)C[C@@H](NCc3ccc4c(c3)OCO4)C2=O)c1. The van der Waals surface area contributed by atoms with E-state index in [1.165, 1.54) is 4.90 Å². The number of carbonyl (C=O) groups is 2. The van der Waals surface area contributed by atoms with Gasteiger partial charge in [0.2, 0.25) is 12.7 Å². The standard InChI is InChI=1S/C20H20N2O5/c1-2-25-15-5-3-4-14(9-15)22-19(23)10-16(20(22)24)21-11-13-6-7-17-18(8-13)27-12-26-17/h3-9,16,21H,2,10-12H2,1H3/t16-/m1/s1. The predicted molar refractivity (Wildman–Crippen MR) is 97.9 cm³/mol. The summed E-state index contributed by atoms with van der Waals surface area (Å²) in [4.78, 5) is 26.4. The fraction of sp³-hybridized carbons (Fsp3) is 0.300. The van der Waals surface area contributed by atoms with Gasteiger partial charge in [0, 0.05) is 12.6 Å². The van der Waals surface area contributed by atoms with Gasteiger partial charge in [0.1, 0.15) is 5.75 Å². The minimum Gasteiger partial charge on any atom is -0.494 e. The Kier molecular flexibility index (Phi) is 4.68. The summed E-state index contributed by atoms with van der Waals surface area (Å²) in [7, 11) is 0. The molecule has 140 valence electrons. The highest BCUT2D eigenvalue weighted by Crippen LogP contribution is 2.32. The lowest BCUT2D eigenvalue weighted by atomic mass is 10.1. The van der Waals surface area contributed by atoms with E-state index in [1.807, 2.05) is 25.1 Å². The summed E-state index contributed by atoms with van der Waals surface area (Å²) in [5.74, 6) is 1.56. The van der Waals surface area contributed by atoms with Crippen LogP contribution in [0.3, 0.4) is 0 Å². The number of ether oxygens (including phenoxy) is 3. The van der Waals surface area contributed by atoms with Crippen LogP contribution in [0.25, 0.3) is 0 Å². The van der Waals surface area contributed by atoms with Crippen LogP contribution < -0.4 is 24.4 Å². The lowest BCUT2D eigenvalue weighted by Crippen LogP contribution is -2.38. The van der Waals surface area contributed by atoms with E-state index in [4.69, 9.17) is 14.2 Å². The maximum absolute atomic E-state index is 12.8. The Morgan fingerprint density at radius 2 is 2.00 bits per heavy atom. The van der Waals surface area contributed by atoms with Crippen molar-refractivity contribution < 1.29 is 23.8 Å². The third kappa shape index (κ3) is 3.46. The molecule has 2 aromatic carbocycles. The van der Waals surface area contributed by atoms with Gasteiger partial charge in [-0.3, -0.25) is 9.59 Å². The molecule has 2 aromatic rings. The molecule has 2 aliphatic heterocycles. The third-order valence-electron chi connectivity index (χ3n) is 4.52. The number of nitrogens with one attached hydrogen (secondary N) is 1. The lowest BCUT2D eigenvalue weighted by Gasteiger charge is -2.16. The number of hydrogen-bond acceptors (Lipinski definition) is 6. The van der Waals surface area contributed by atoms with Crippen LogP contribution in [0.4, 0.5) is 5.69 Å². The quantitative estimate of drug-likeness (QED) is 0.788. The Bertz CT molecular complexity index is 882. The maximum atomic E-state index is 12.8. The minimum atomic E-state index is -0.557. The van der Waals surface area contributed by atoms with Crippen LogP contribution >= 0.6 is 0 Å². The number of benzene rings is 2. The van der Waals surface area contributed by atoms with Crippen LogP contribution in [0.1, 0.15) is 18.9 Å². The van der Waals surface area contributed by atoms with Crippen molar-refractivity contribution in [3.05, 3.63) is 48.0 Å². The molecular weight excluding hydrogens is 348 g/mol. The van der Waals surface area contributed by atoms with Crippen LogP contribution in [-0.2, 0) is 16.1 Å². The summed E-state index contributed by atoms with van der Waals surface area (Å²) in [6.07, 6.45) is 0.127. The van der Waals surface area contributed by atoms with Gasteiger partial charge < -0.3 is 19.5 Å². The van der Waals surface area contributed by atoms with E-state index in [0.717, 1.165) is 5.56 Å². The first kappa shape index (κ1) is 17.4. The molecule has 2 amide bonds. The van der Waals surface area contributed by atoms with Gasteiger partial charge in [-0.25, -0.2) is 4.90 Å². The highest BCUT2D eigenvalue weighted by Gasteiger charge is 2.39. The van der Waals surface area contributed by atoms with Crippen LogP contribution in [-0.4, -0.2) is 31.3 Å². The number of carbonyl (C=O) groups excluding carboxylic acids is 2. The molecule has 4 rings (SSSR count). The first-order valence-corrected chi connectivity index (χ1v) is 8.87. The zero-order valence-corrected chi connectivity index (χ0v) is 14.9. The van der Waals surface area contributed by atoms with Gasteiger partial charge in [-0.05, 0) is 36.8 Å². The third-order valence-corrected chi connectivity index (χ3v) is 4.52. The van der Waals surface area contributed by atoms with Crippen molar-refractivity contribution in [3.8, 4) is 17.2 Å². The van der Waals surface area contributed by atoms with Gasteiger partial charge >= 0.3 is 0 Å². The predicted octanol–water partition coefficient (Wildman–Crippen LogP) is 2.24. The smallest absolute Gasteiger partial charge is 0.251 e. The molecule has 1 saturated heterocycles. The van der Waals surface area contributed by atoms with Crippen molar-refractivity contribution in [3.63, 3.8) is 0 Å². The number of hydrogen-bond donors (Lipinski definition) is 1. The molecule has 0 saturated carbocycles. The van der Waals surface area contributed by atoms with Crippen molar-refractivity contribution in [2.45, 2.75) is 25.9 Å². The molecule has 7 heteroatoms. The highest BCUT2D eigenvalue weighted by molar-refractivity contribution is 6.22. The van der Waals surface area contributed by atoms with Gasteiger partial charge in [-0.15, -0.1) is 0 Å². The van der Waals surface area contributed by atoms with Gasteiger partial charge in [0.05, 0.1) is 24.8 Å². The van der Waals surface area contributed by atoms with E-state index < -0.39 is 6.04 Å². The summed E-state index contributed by atoms with van der Waals surface area (Å²) in [6.45, 7) is 3.07. The van der Waals surface area contributed by atoms with Crippen LogP contribution in [0.15, 0.2) is 42.5 Å². The van der Waals surface area contributed by atoms with Gasteiger partial charge in [0.25, 0.3) is 5.91 Å². The highest BCUT2D eigenvalue weighted by atomic mass is 16.7. The van der Waals surface area contributed by atoms with Crippen LogP contribution in [0, 0.1) is 0 Å². The second kappa shape index (κ2) is 7.28. The van der Waals surface area contributed by atoms with E-state index in [1.54, 1.807) is 24.3 Å². The Morgan fingerprint density at radius 1 is 1.15 bits per heavy atom. The maximum Gasteiger partial charge on any atom is 0.251 e. The zero-order valence-electron chi connectivity index (χ0n) is 14.9. The van der Waals surface area contributed by atoms with E-state index in [0.29, 0.717) is 36.1 Å². The van der Waals surface area contributed by atoms with E-state index in [-0.39, 0.29) is 25.0 Å². The molecule has 0 spiro atoms. The fourth-order valence-corrected chi connectivity index (χ4v) is 3.23. The molecule has 2 aliphatic rings. The van der Waals surface area contributed by atoms with Crippen molar-refractivity contribution in [1.82, 2.24) is 5.32 Å². The zero-order chi connectivity index (χ0) is 18.8. The summed E-state index contributed by atoms with van der Waals surface area (Å²) in [5.41, 5.74) is 1.49. The average molecular weight is 368 g/mol. The molecule has 1 N–H and O–H groups in total. The topological polar surface area (TPSA) is 77.1 Å². The van der Waals surface area contributed by atoms with Crippen molar-refractivity contribution >= 4 is 17.5 Å². The summed E-state index contributed by atoms with van der Waals surface area (Å²) < 4.78 is 16.1. The Labute approximate surface area is 156 Å². The molecular formula is C20H20N2O5. The monoisotopic (exact) mass is 368 g/mol. The van der Waals surface area contributed by atoms with E-state index in [9.17, 15) is 9.59 Å². The van der Waals surface area contributed by atoms with Crippen molar-refractivity contribution in [2.75, 3.05) is 18.3 Å². The number of anilines is 1. The molecule has 1 fully saturated rings. The Balaban J connectivity index is 1.44. The van der Waals surface area contributed by atoms with Crippen molar-refractivity contribution in [1.29, 1.82) is 0 Å². The first-order chi connectivity index (χ1) is 13.2. The molecule has 1 atom stereocenters. The largest absolute Gasteiger partial charge is 0.494 e. The average Bonchev–Trinajstić information content (AvgIpc) is 3.24. The molecule has 0 aromatic heterocycles. The number of amides is 2. The normalized spacial score (nSPS) is 18.3. The molecule has 27 heavy (non-hydrogen) atoms. The second-order valence-electron chi connectivity index (χ2n) is 6.32. The first-order valence-electron chi connectivity index (χ1n) is 8.87. The van der Waals surface area contributed by atoms with Crippen molar-refractivity contribution in [2.24, 2.45) is 0 Å². The van der Waals surface area contributed by atoms with Crippen LogP contribution in [0.2, 0.25) is 0 Å². The van der Waals surface area contributed by atoms with Crippen LogP contribution in [0.5, 0.6) is 17.2 Å². The fourth-order valence-electron chi connectivity index (χ4n) is 3.23. The Hall–Kier alpha value is -3.06. The van der Waals surface area contributed by atoms with E-state index >= 15 is 0 Å². The second-order valence-corrected chi connectivity index (χ2v) is 6.32. The summed E-state index contributed by atoms with van der Waals surface area (Å²) in [5, 5.41) is 3.17. The number of fused-ring (bicyclic) bond motifs is 1. The molecule has 0 unspecified atom stereocenters. The number of rotatable bonds is 6. The lowest BCUT2D eigenvalue weighted by molar-refractivity contribution is -0.121. The summed E-state index contributed by atoms with van der Waals surface area (Å²) in [6, 6.07) is 12.1. The summed E-state index contributed by atoms with van der Waals surface area (Å²) >= 11 is 0. The van der Waals surface area contributed by atoms with Gasteiger partial charge in [0.15, 0.2) is 11.5 Å². The molecule has 0 bridgehead atoms. The molecule has 0 aliphatic carbocycles. The van der Waals surface area contributed by atoms with Gasteiger partial charge in [-0.2, -0.15) is 0 Å². The molecule has 0 radical (unpaired) electrons. The Morgan fingerprint density at radius 3 is 2.85 bits per heavy atom. The minimum absolute atomic E-state index is 0.127.